The highest BCUT2D eigenvalue weighted by Gasteiger charge is 2.26. The normalized spacial score (nSPS) is 19.8. The molecule has 1 aromatic rings. The summed E-state index contributed by atoms with van der Waals surface area (Å²) in [4.78, 5) is 11.4. The van der Waals surface area contributed by atoms with Gasteiger partial charge in [-0.1, -0.05) is 18.5 Å². The zero-order chi connectivity index (χ0) is 11.7. The van der Waals surface area contributed by atoms with Crippen molar-refractivity contribution in [3.05, 3.63) is 23.2 Å². The van der Waals surface area contributed by atoms with E-state index in [1.807, 2.05) is 13.0 Å². The van der Waals surface area contributed by atoms with Gasteiger partial charge in [0.05, 0.1) is 30.3 Å². The first kappa shape index (κ1) is 11.1. The van der Waals surface area contributed by atoms with Gasteiger partial charge in [-0.3, -0.25) is 15.2 Å². The Morgan fingerprint density at radius 1 is 1.56 bits per heavy atom. The molecular weight excluding hydrogens is 228 g/mol. The van der Waals surface area contributed by atoms with Crippen LogP contribution in [0.5, 0.6) is 5.75 Å². The third-order valence-corrected chi connectivity index (χ3v) is 2.89. The van der Waals surface area contributed by atoms with Crippen molar-refractivity contribution in [1.29, 1.82) is 0 Å². The summed E-state index contributed by atoms with van der Waals surface area (Å²) >= 11 is 6.02. The van der Waals surface area contributed by atoms with E-state index in [0.717, 1.165) is 5.69 Å². The van der Waals surface area contributed by atoms with E-state index in [-0.39, 0.29) is 11.8 Å². The van der Waals surface area contributed by atoms with Crippen LogP contribution in [0, 0.1) is 5.92 Å². The Bertz CT molecular complexity index is 422. The van der Waals surface area contributed by atoms with Gasteiger partial charge in [-0.25, -0.2) is 0 Å². The topological polar surface area (TPSA) is 41.6 Å². The lowest BCUT2D eigenvalue weighted by atomic mass is 10.2. The first-order valence-corrected chi connectivity index (χ1v) is 5.41. The predicted octanol–water partition coefficient (Wildman–Crippen LogP) is 1.84. The van der Waals surface area contributed by atoms with E-state index in [9.17, 15) is 4.79 Å². The lowest BCUT2D eigenvalue weighted by Crippen LogP contribution is -2.32. The minimum absolute atomic E-state index is 0.000812. The number of nitrogens with one attached hydrogen (secondary N) is 1. The van der Waals surface area contributed by atoms with Gasteiger partial charge in [-0.15, -0.1) is 0 Å². The van der Waals surface area contributed by atoms with Gasteiger partial charge in [0.25, 0.3) is 0 Å². The maximum atomic E-state index is 11.4. The van der Waals surface area contributed by atoms with Gasteiger partial charge in [-0.05, 0) is 18.2 Å². The zero-order valence-electron chi connectivity index (χ0n) is 9.16. The summed E-state index contributed by atoms with van der Waals surface area (Å²) in [5.41, 5.74) is 3.64. The van der Waals surface area contributed by atoms with Gasteiger partial charge in [-0.2, -0.15) is 0 Å². The zero-order valence-corrected chi connectivity index (χ0v) is 9.91. The maximum Gasteiger partial charge on any atom is 0.243 e. The number of carbonyl (C=O) groups excluding carboxylic acids is 1. The first-order valence-electron chi connectivity index (χ1n) is 5.03. The number of hydrogen-bond acceptors (Lipinski definition) is 3. The number of benzene rings is 1. The van der Waals surface area contributed by atoms with E-state index in [0.29, 0.717) is 17.3 Å². The number of nitrogens with zero attached hydrogens (tertiary/aromatic N) is 1. The molecule has 0 aromatic heterocycles. The Kier molecular flexibility index (Phi) is 2.92. The van der Waals surface area contributed by atoms with Crippen molar-refractivity contribution in [3.63, 3.8) is 0 Å². The molecule has 1 aliphatic heterocycles. The van der Waals surface area contributed by atoms with Crippen molar-refractivity contribution in [2.75, 3.05) is 18.7 Å². The van der Waals surface area contributed by atoms with Crippen LogP contribution in [0.2, 0.25) is 5.02 Å². The second-order valence-corrected chi connectivity index (χ2v) is 4.21. The third kappa shape index (κ3) is 1.93. The van der Waals surface area contributed by atoms with Crippen molar-refractivity contribution in [2.24, 2.45) is 5.92 Å². The number of methoxy groups -OCH3 is 1. The van der Waals surface area contributed by atoms with Gasteiger partial charge >= 0.3 is 0 Å². The van der Waals surface area contributed by atoms with Crippen LogP contribution in [0.4, 0.5) is 5.69 Å². The minimum atomic E-state index is 0.000812. The molecule has 4 nitrogen and oxygen atoms in total. The summed E-state index contributed by atoms with van der Waals surface area (Å²) in [6.07, 6.45) is 0. The van der Waals surface area contributed by atoms with Crippen LogP contribution in [-0.4, -0.2) is 19.6 Å². The minimum Gasteiger partial charge on any atom is -0.495 e. The molecule has 86 valence electrons. The van der Waals surface area contributed by atoms with Gasteiger partial charge in [0.15, 0.2) is 0 Å². The van der Waals surface area contributed by atoms with Crippen LogP contribution < -0.4 is 15.2 Å². The summed E-state index contributed by atoms with van der Waals surface area (Å²) in [6, 6.07) is 5.43. The Balaban J connectivity index is 2.22. The van der Waals surface area contributed by atoms with E-state index in [4.69, 9.17) is 16.3 Å². The second kappa shape index (κ2) is 4.22. The predicted molar refractivity (Wildman–Crippen MR) is 62.7 cm³/mol. The van der Waals surface area contributed by atoms with Gasteiger partial charge in [0.2, 0.25) is 5.91 Å². The number of carbonyl (C=O) groups is 1. The molecule has 1 atom stereocenters. The van der Waals surface area contributed by atoms with Gasteiger partial charge < -0.3 is 4.74 Å². The smallest absolute Gasteiger partial charge is 0.243 e. The second-order valence-electron chi connectivity index (χ2n) is 3.81. The molecule has 0 radical (unpaired) electrons. The van der Waals surface area contributed by atoms with E-state index in [2.05, 4.69) is 5.43 Å². The molecule has 1 saturated heterocycles. The lowest BCUT2D eigenvalue weighted by Gasteiger charge is -2.18. The number of rotatable bonds is 2. The first-order chi connectivity index (χ1) is 7.61. The molecule has 0 spiro atoms. The molecule has 1 aromatic carbocycles. The molecule has 1 fully saturated rings. The van der Waals surface area contributed by atoms with Crippen LogP contribution >= 0.6 is 11.6 Å². The fourth-order valence-corrected chi connectivity index (χ4v) is 1.89. The Labute approximate surface area is 99.1 Å². The summed E-state index contributed by atoms with van der Waals surface area (Å²) < 4.78 is 5.07. The molecular formula is C11H13ClN2O2. The third-order valence-electron chi connectivity index (χ3n) is 2.60. The van der Waals surface area contributed by atoms with Crippen LogP contribution in [0.1, 0.15) is 6.92 Å². The molecule has 1 aliphatic rings. The molecule has 0 aliphatic carbocycles. The fraction of sp³-hybridized carbons (Fsp3) is 0.364. The number of anilines is 1. The molecule has 0 bridgehead atoms. The summed E-state index contributed by atoms with van der Waals surface area (Å²) in [7, 11) is 1.57. The largest absolute Gasteiger partial charge is 0.495 e. The Morgan fingerprint density at radius 3 is 2.81 bits per heavy atom. The molecule has 1 heterocycles. The quantitative estimate of drug-likeness (QED) is 0.858. The molecule has 5 heteroatoms. The molecule has 1 unspecified atom stereocenters. The highest BCUT2D eigenvalue weighted by atomic mass is 35.5. The number of hydrazine groups is 1. The average molecular weight is 241 g/mol. The van der Waals surface area contributed by atoms with E-state index < -0.39 is 0 Å². The number of ether oxygens (including phenoxy) is 1. The molecule has 2 rings (SSSR count). The van der Waals surface area contributed by atoms with Crippen LogP contribution in [0.3, 0.4) is 0 Å². The number of hydrogen-bond donors (Lipinski definition) is 1. The van der Waals surface area contributed by atoms with Crippen molar-refractivity contribution < 1.29 is 9.53 Å². The van der Waals surface area contributed by atoms with Crippen molar-refractivity contribution in [3.8, 4) is 5.75 Å². The molecule has 16 heavy (non-hydrogen) atoms. The summed E-state index contributed by atoms with van der Waals surface area (Å²) in [6.45, 7) is 2.54. The van der Waals surface area contributed by atoms with E-state index in [1.165, 1.54) is 0 Å². The number of amides is 1. The summed E-state index contributed by atoms with van der Waals surface area (Å²) in [5, 5.41) is 2.33. The SMILES string of the molecule is COc1ccc(N2CC(C)C(=O)N2)cc1Cl. The van der Waals surface area contributed by atoms with Crippen molar-refractivity contribution >= 4 is 23.2 Å². The Morgan fingerprint density at radius 2 is 2.31 bits per heavy atom. The lowest BCUT2D eigenvalue weighted by molar-refractivity contribution is -0.121. The van der Waals surface area contributed by atoms with Crippen LogP contribution in [-0.2, 0) is 4.79 Å². The van der Waals surface area contributed by atoms with Crippen molar-refractivity contribution in [1.82, 2.24) is 5.43 Å². The fourth-order valence-electron chi connectivity index (χ4n) is 1.64. The van der Waals surface area contributed by atoms with E-state index in [1.54, 1.807) is 24.3 Å². The molecule has 0 saturated carbocycles. The summed E-state index contributed by atoms with van der Waals surface area (Å²) in [5.74, 6) is 0.664. The van der Waals surface area contributed by atoms with Gasteiger partial charge in [0.1, 0.15) is 5.75 Å². The van der Waals surface area contributed by atoms with Gasteiger partial charge in [0, 0.05) is 0 Å². The van der Waals surface area contributed by atoms with Crippen LogP contribution in [0.25, 0.3) is 0 Å². The standard InChI is InChI=1S/C11H13ClN2O2/c1-7-6-14(13-11(7)15)8-3-4-10(16-2)9(12)5-8/h3-5,7H,6H2,1-2H3,(H,13,15). The molecule has 1 amide bonds. The monoisotopic (exact) mass is 240 g/mol. The highest BCUT2D eigenvalue weighted by molar-refractivity contribution is 6.32. The van der Waals surface area contributed by atoms with E-state index >= 15 is 0 Å². The Hall–Kier alpha value is -1.42. The average Bonchev–Trinajstić information content (AvgIpc) is 2.59. The molecule has 1 N–H and O–H groups in total. The van der Waals surface area contributed by atoms with Crippen molar-refractivity contribution in [2.45, 2.75) is 6.92 Å². The highest BCUT2D eigenvalue weighted by Crippen LogP contribution is 2.29. The van der Waals surface area contributed by atoms with Crippen LogP contribution in [0.15, 0.2) is 18.2 Å². The number of halogens is 1. The maximum absolute atomic E-state index is 11.4.